The predicted octanol–water partition coefficient (Wildman–Crippen LogP) is 16.8. The lowest BCUT2D eigenvalue weighted by Gasteiger charge is -2.45. The molecule has 2 heterocycles. The Hall–Kier alpha value is -8.33. The van der Waals surface area contributed by atoms with E-state index in [4.69, 9.17) is 4.98 Å². The SMILES string of the molecule is CC1(C)c2ccccc2-c2ccc(-c3c4ccccc4c(-c4ccc(-c5ccc6c(c5)-c5ccccc5C65c6ccccc6N(c6ccccc6)c6ccccc65)nc4)c4ccccc34)cc21. The lowest BCUT2D eigenvalue weighted by molar-refractivity contribution is 0.660. The first-order valence-corrected chi connectivity index (χ1v) is 23.5. The van der Waals surface area contributed by atoms with Crippen LogP contribution in [-0.2, 0) is 10.8 Å². The zero-order valence-corrected chi connectivity index (χ0v) is 37.3. The highest BCUT2D eigenvalue weighted by molar-refractivity contribution is 6.21. The number of anilines is 3. The van der Waals surface area contributed by atoms with Gasteiger partial charge in [0.05, 0.1) is 22.5 Å². The molecule has 314 valence electrons. The molecule has 0 bridgehead atoms. The average molecular weight is 853 g/mol. The topological polar surface area (TPSA) is 16.1 Å². The lowest BCUT2D eigenvalue weighted by Crippen LogP contribution is -2.36. The highest BCUT2D eigenvalue weighted by Gasteiger charge is 2.51. The van der Waals surface area contributed by atoms with E-state index < -0.39 is 5.41 Å². The molecule has 1 spiro atoms. The number of benzene rings is 10. The minimum Gasteiger partial charge on any atom is -0.310 e. The Morgan fingerprint density at radius 2 is 0.821 bits per heavy atom. The van der Waals surface area contributed by atoms with Gasteiger partial charge in [0.15, 0.2) is 0 Å². The lowest BCUT2D eigenvalue weighted by atomic mass is 9.64. The number of hydrogen-bond donors (Lipinski definition) is 0. The second-order valence-electron chi connectivity index (χ2n) is 19.0. The normalized spacial score (nSPS) is 14.3. The van der Waals surface area contributed by atoms with Gasteiger partial charge in [-0.05, 0) is 136 Å². The summed E-state index contributed by atoms with van der Waals surface area (Å²) in [5.41, 5.74) is 23.1. The molecular weight excluding hydrogens is 809 g/mol. The van der Waals surface area contributed by atoms with E-state index in [9.17, 15) is 0 Å². The molecule has 0 fully saturated rings. The van der Waals surface area contributed by atoms with Crippen molar-refractivity contribution in [2.75, 3.05) is 4.90 Å². The van der Waals surface area contributed by atoms with Crippen molar-refractivity contribution in [3.05, 3.63) is 264 Å². The van der Waals surface area contributed by atoms with Gasteiger partial charge in [-0.1, -0.05) is 196 Å². The summed E-state index contributed by atoms with van der Waals surface area (Å²) in [4.78, 5) is 7.72. The maximum Gasteiger partial charge on any atom is 0.0754 e. The first-order valence-electron chi connectivity index (χ1n) is 23.5. The molecule has 3 aliphatic rings. The standard InChI is InChI=1S/C65H44N2/c1-64(2)53-26-12-10-20-45(53)47-35-32-42(39-58(47)64)62-48-22-6-8-24-50(48)63(51-25-9-7-23-49(51)62)43-34-37-59(66-40-43)41-33-36-55-52(38-41)46-21-11-13-27-54(46)65(55)56-28-14-16-30-60(56)67(44-18-4-3-5-19-44)61-31-17-15-29-57(61)65/h3-40H,1-2H3. The van der Waals surface area contributed by atoms with Gasteiger partial charge in [0.25, 0.3) is 0 Å². The number of hydrogen-bond acceptors (Lipinski definition) is 2. The van der Waals surface area contributed by atoms with Gasteiger partial charge in [0.1, 0.15) is 0 Å². The van der Waals surface area contributed by atoms with Crippen LogP contribution >= 0.6 is 0 Å². The highest BCUT2D eigenvalue weighted by Crippen LogP contribution is 2.63. The molecular formula is C65H44N2. The van der Waals surface area contributed by atoms with Crippen LogP contribution in [0.4, 0.5) is 17.1 Å². The highest BCUT2D eigenvalue weighted by atomic mass is 15.2. The first-order chi connectivity index (χ1) is 33.0. The number of para-hydroxylation sites is 3. The van der Waals surface area contributed by atoms with E-state index in [0.717, 1.165) is 22.5 Å². The van der Waals surface area contributed by atoms with Crippen LogP contribution in [0.1, 0.15) is 47.2 Å². The van der Waals surface area contributed by atoms with Gasteiger partial charge in [-0.25, -0.2) is 0 Å². The van der Waals surface area contributed by atoms with Crippen molar-refractivity contribution in [2.24, 2.45) is 0 Å². The van der Waals surface area contributed by atoms with E-state index >= 15 is 0 Å². The van der Waals surface area contributed by atoms with Gasteiger partial charge >= 0.3 is 0 Å². The van der Waals surface area contributed by atoms with Crippen molar-refractivity contribution in [3.8, 4) is 55.8 Å². The molecule has 2 nitrogen and oxygen atoms in total. The van der Waals surface area contributed by atoms with E-state index in [0.29, 0.717) is 0 Å². The summed E-state index contributed by atoms with van der Waals surface area (Å²) in [5, 5.41) is 4.95. The van der Waals surface area contributed by atoms with Gasteiger partial charge in [-0.2, -0.15) is 0 Å². The smallest absolute Gasteiger partial charge is 0.0754 e. The number of nitrogens with zero attached hydrogens (tertiary/aromatic N) is 2. The van der Waals surface area contributed by atoms with Crippen LogP contribution in [-0.4, -0.2) is 4.98 Å². The Labute approximate surface area is 391 Å². The monoisotopic (exact) mass is 852 g/mol. The van der Waals surface area contributed by atoms with Crippen LogP contribution in [0, 0.1) is 0 Å². The zero-order valence-electron chi connectivity index (χ0n) is 37.3. The van der Waals surface area contributed by atoms with Crippen molar-refractivity contribution < 1.29 is 0 Å². The summed E-state index contributed by atoms with van der Waals surface area (Å²) in [6.07, 6.45) is 2.09. The molecule has 67 heavy (non-hydrogen) atoms. The Morgan fingerprint density at radius 1 is 0.343 bits per heavy atom. The summed E-state index contributed by atoms with van der Waals surface area (Å²) in [5.74, 6) is 0. The fourth-order valence-corrected chi connectivity index (χ4v) is 12.4. The van der Waals surface area contributed by atoms with Gasteiger partial charge < -0.3 is 4.90 Å². The number of rotatable bonds is 4. The van der Waals surface area contributed by atoms with E-state index in [1.807, 2.05) is 0 Å². The van der Waals surface area contributed by atoms with Crippen molar-refractivity contribution in [1.82, 2.24) is 4.98 Å². The Bertz CT molecular complexity index is 3740. The Kier molecular flexibility index (Phi) is 7.99. The molecule has 10 aromatic carbocycles. The van der Waals surface area contributed by atoms with Crippen LogP contribution < -0.4 is 4.90 Å². The van der Waals surface area contributed by atoms with E-state index in [1.165, 1.54) is 105 Å². The largest absolute Gasteiger partial charge is 0.310 e. The quantitative estimate of drug-likeness (QED) is 0.164. The minimum atomic E-state index is -0.491. The Balaban J connectivity index is 0.898. The van der Waals surface area contributed by atoms with E-state index in [2.05, 4.69) is 249 Å². The van der Waals surface area contributed by atoms with Gasteiger partial charge in [-0.15, -0.1) is 0 Å². The number of fused-ring (bicyclic) bond motifs is 14. The van der Waals surface area contributed by atoms with Crippen molar-refractivity contribution in [1.29, 1.82) is 0 Å². The van der Waals surface area contributed by atoms with Crippen LogP contribution in [0.3, 0.4) is 0 Å². The molecule has 1 aliphatic heterocycles. The second-order valence-corrected chi connectivity index (χ2v) is 19.0. The average Bonchev–Trinajstić information content (AvgIpc) is 3.80. The maximum atomic E-state index is 5.29. The number of aromatic nitrogens is 1. The molecule has 0 N–H and O–H groups in total. The van der Waals surface area contributed by atoms with Gasteiger partial charge in [0, 0.05) is 28.4 Å². The van der Waals surface area contributed by atoms with E-state index in [-0.39, 0.29) is 5.41 Å². The molecule has 14 rings (SSSR count). The maximum absolute atomic E-state index is 5.29. The van der Waals surface area contributed by atoms with Crippen LogP contribution in [0.15, 0.2) is 231 Å². The molecule has 0 radical (unpaired) electrons. The first kappa shape index (κ1) is 38.0. The van der Waals surface area contributed by atoms with Gasteiger partial charge in [-0.3, -0.25) is 4.98 Å². The van der Waals surface area contributed by atoms with Crippen molar-refractivity contribution >= 4 is 38.6 Å². The van der Waals surface area contributed by atoms with Gasteiger partial charge in [0.2, 0.25) is 0 Å². The fraction of sp³-hybridized carbons (Fsp3) is 0.0615. The van der Waals surface area contributed by atoms with Crippen molar-refractivity contribution in [3.63, 3.8) is 0 Å². The third kappa shape index (κ3) is 5.18. The van der Waals surface area contributed by atoms with Crippen LogP contribution in [0.25, 0.3) is 77.3 Å². The zero-order chi connectivity index (χ0) is 44.4. The van der Waals surface area contributed by atoms with Crippen LogP contribution in [0.5, 0.6) is 0 Å². The fourth-order valence-electron chi connectivity index (χ4n) is 12.4. The molecule has 1 aromatic heterocycles. The molecule has 11 aromatic rings. The van der Waals surface area contributed by atoms with Crippen molar-refractivity contribution in [2.45, 2.75) is 24.7 Å². The molecule has 0 unspecified atom stereocenters. The summed E-state index contributed by atoms with van der Waals surface area (Å²) in [6.45, 7) is 4.73. The second kappa shape index (κ2) is 14.1. The molecule has 2 heteroatoms. The summed E-state index contributed by atoms with van der Waals surface area (Å²) >= 11 is 0. The third-order valence-corrected chi connectivity index (χ3v) is 15.3. The summed E-state index contributed by atoms with van der Waals surface area (Å²) in [7, 11) is 0. The summed E-state index contributed by atoms with van der Waals surface area (Å²) < 4.78 is 0. The molecule has 0 saturated carbocycles. The molecule has 0 amide bonds. The minimum absolute atomic E-state index is 0.0816. The molecule has 0 atom stereocenters. The van der Waals surface area contributed by atoms with Crippen LogP contribution in [0.2, 0.25) is 0 Å². The third-order valence-electron chi connectivity index (χ3n) is 15.3. The summed E-state index contributed by atoms with van der Waals surface area (Å²) in [6, 6.07) is 83.3. The van der Waals surface area contributed by atoms with E-state index in [1.54, 1.807) is 0 Å². The molecule has 2 aliphatic carbocycles. The molecule has 0 saturated heterocycles. The number of pyridine rings is 1. The predicted molar refractivity (Wildman–Crippen MR) is 279 cm³/mol. The Morgan fingerprint density at radius 3 is 1.45 bits per heavy atom.